The zero-order valence-electron chi connectivity index (χ0n) is 30.3. The van der Waals surface area contributed by atoms with E-state index in [9.17, 15) is 25.9 Å². The van der Waals surface area contributed by atoms with Crippen molar-refractivity contribution in [2.45, 2.75) is 231 Å². The van der Waals surface area contributed by atoms with Gasteiger partial charge in [0.15, 0.2) is 0 Å². The second-order valence-electron chi connectivity index (χ2n) is 13.2. The Hall–Kier alpha value is 1.39. The van der Waals surface area contributed by atoms with Crippen molar-refractivity contribution < 1.29 is 25.9 Å². The van der Waals surface area contributed by atoms with Gasteiger partial charge in [0.05, 0.1) is 20.2 Å². The molecule has 2 unspecified atom stereocenters. The fourth-order valence-corrected chi connectivity index (χ4v) is 7.65. The van der Waals surface area contributed by atoms with Gasteiger partial charge < -0.3 is 9.11 Å². The van der Waals surface area contributed by atoms with E-state index < -0.39 is 30.7 Å². The van der Waals surface area contributed by atoms with Gasteiger partial charge in [0.25, 0.3) is 0 Å². The molecule has 0 amide bonds. The van der Waals surface area contributed by atoms with Gasteiger partial charge in [0.1, 0.15) is 0 Å². The average Bonchev–Trinajstić information content (AvgIpc) is 2.96. The molecule has 0 aliphatic carbocycles. The number of hydrogen-bond acceptors (Lipinski definition) is 6. The van der Waals surface area contributed by atoms with Crippen LogP contribution >= 0.6 is 0 Å². The number of unbranched alkanes of at least 4 members (excludes halogenated alkanes) is 22. The van der Waals surface area contributed by atoms with Crippen LogP contribution in [-0.4, -0.2) is 85.3 Å². The third-order valence-electron chi connectivity index (χ3n) is 8.84. The minimum atomic E-state index is -4.11. The number of hydrogen-bond donors (Lipinski definition) is 0. The van der Waals surface area contributed by atoms with Crippen molar-refractivity contribution >= 4 is 69.1 Å². The first-order valence-corrected chi connectivity index (χ1v) is 21.9. The zero-order chi connectivity index (χ0) is 33.4. The maximum atomic E-state index is 11.3. The molecule has 45 heavy (non-hydrogen) atoms. The SMILES string of the molecule is CCCCCCCCCC(CCCCCCCC)S(=O)(=O)[O-].CCCCCCCCCC(CCCCCCCC)S(=O)(=O)[O-].[Ba+2]. The summed E-state index contributed by atoms with van der Waals surface area (Å²) in [6.07, 6.45) is 32.2. The first-order chi connectivity index (χ1) is 21.0. The van der Waals surface area contributed by atoms with Crippen LogP contribution in [0.25, 0.3) is 0 Å². The van der Waals surface area contributed by atoms with Crippen molar-refractivity contribution in [3.8, 4) is 0 Å². The van der Waals surface area contributed by atoms with Crippen LogP contribution in [0.5, 0.6) is 0 Å². The van der Waals surface area contributed by atoms with E-state index in [0.717, 1.165) is 64.2 Å². The molecule has 0 aliphatic heterocycles. The van der Waals surface area contributed by atoms with Crippen LogP contribution in [0.2, 0.25) is 0 Å². The third-order valence-corrected chi connectivity index (χ3v) is 11.4. The van der Waals surface area contributed by atoms with Crippen molar-refractivity contribution in [3.05, 3.63) is 0 Å². The third kappa shape index (κ3) is 38.1. The van der Waals surface area contributed by atoms with E-state index in [1.165, 1.54) is 103 Å². The summed E-state index contributed by atoms with van der Waals surface area (Å²) in [5.41, 5.74) is 0. The van der Waals surface area contributed by atoms with Gasteiger partial charge in [-0.1, -0.05) is 195 Å². The predicted molar refractivity (Wildman–Crippen MR) is 194 cm³/mol. The molecule has 0 N–H and O–H groups in total. The molecule has 0 radical (unpaired) electrons. The summed E-state index contributed by atoms with van der Waals surface area (Å²) in [5.74, 6) is 0. The van der Waals surface area contributed by atoms with Gasteiger partial charge in [0, 0.05) is 10.5 Å². The minimum absolute atomic E-state index is 0. The second-order valence-corrected chi connectivity index (χ2v) is 16.5. The van der Waals surface area contributed by atoms with Gasteiger partial charge in [0.2, 0.25) is 0 Å². The second kappa shape index (κ2) is 36.7. The summed E-state index contributed by atoms with van der Waals surface area (Å²) < 4.78 is 68.1. The van der Waals surface area contributed by atoms with E-state index in [2.05, 4.69) is 27.7 Å². The smallest absolute Gasteiger partial charge is 0.748 e. The molecule has 9 heteroatoms. The summed E-state index contributed by atoms with van der Waals surface area (Å²) in [6, 6.07) is 0. The number of rotatable bonds is 32. The Morgan fingerprint density at radius 1 is 0.333 bits per heavy atom. The van der Waals surface area contributed by atoms with Crippen molar-refractivity contribution in [1.82, 2.24) is 0 Å². The Labute approximate surface area is 322 Å². The van der Waals surface area contributed by atoms with Gasteiger partial charge in [-0.05, 0) is 25.7 Å². The van der Waals surface area contributed by atoms with Gasteiger partial charge in [-0.2, -0.15) is 0 Å². The fraction of sp³-hybridized carbons (Fsp3) is 1.00. The summed E-state index contributed by atoms with van der Waals surface area (Å²) in [4.78, 5) is 0. The zero-order valence-corrected chi connectivity index (χ0v) is 36.4. The van der Waals surface area contributed by atoms with E-state index in [0.29, 0.717) is 25.7 Å². The van der Waals surface area contributed by atoms with E-state index in [1.807, 2.05) is 0 Å². The first-order valence-electron chi connectivity index (χ1n) is 18.9. The van der Waals surface area contributed by atoms with Crippen molar-refractivity contribution in [1.29, 1.82) is 0 Å². The van der Waals surface area contributed by atoms with E-state index >= 15 is 0 Å². The maximum absolute atomic E-state index is 11.3. The average molecular weight is 804 g/mol. The summed E-state index contributed by atoms with van der Waals surface area (Å²) in [6.45, 7) is 8.77. The van der Waals surface area contributed by atoms with E-state index in [-0.39, 0.29) is 48.9 Å². The van der Waals surface area contributed by atoms with Crippen LogP contribution in [0.4, 0.5) is 0 Å². The standard InChI is InChI=1S/2C18H38O3S.Ba/c2*1-3-5-7-9-11-13-15-17-18(22(19,20)21)16-14-12-10-8-6-4-2;/h2*18H,3-17H2,1-2H3,(H,19,20,21);/q;;+2/p-2. The molecule has 2 atom stereocenters. The monoisotopic (exact) mass is 804 g/mol. The Morgan fingerprint density at radius 2 is 0.489 bits per heavy atom. The minimum Gasteiger partial charge on any atom is -0.748 e. The molecule has 268 valence electrons. The van der Waals surface area contributed by atoms with Crippen molar-refractivity contribution in [2.24, 2.45) is 0 Å². The fourth-order valence-electron chi connectivity index (χ4n) is 5.83. The molecule has 0 rings (SSSR count). The van der Waals surface area contributed by atoms with Crippen LogP contribution in [0.3, 0.4) is 0 Å². The largest absolute Gasteiger partial charge is 2.00 e. The maximum Gasteiger partial charge on any atom is 2.00 e. The molecular weight excluding hydrogens is 730 g/mol. The molecule has 0 aromatic carbocycles. The molecule has 0 fully saturated rings. The van der Waals surface area contributed by atoms with E-state index in [4.69, 9.17) is 0 Å². The van der Waals surface area contributed by atoms with E-state index in [1.54, 1.807) is 0 Å². The molecule has 0 heterocycles. The Balaban J connectivity index is -0.000000767. The normalized spacial score (nSPS) is 13.1. The van der Waals surface area contributed by atoms with Crippen LogP contribution < -0.4 is 0 Å². The molecule has 0 bridgehead atoms. The molecule has 0 aromatic heterocycles. The Kier molecular flexibility index (Phi) is 41.4. The van der Waals surface area contributed by atoms with Gasteiger partial charge in [-0.25, -0.2) is 16.8 Å². The van der Waals surface area contributed by atoms with Crippen LogP contribution in [-0.2, 0) is 20.2 Å². The molecule has 6 nitrogen and oxygen atoms in total. The van der Waals surface area contributed by atoms with Crippen LogP contribution in [0.1, 0.15) is 220 Å². The topological polar surface area (TPSA) is 114 Å². The Morgan fingerprint density at radius 3 is 0.644 bits per heavy atom. The quantitative estimate of drug-likeness (QED) is 0.0380. The summed E-state index contributed by atoms with van der Waals surface area (Å²) in [5, 5.41) is -1.29. The molecule has 0 saturated heterocycles. The van der Waals surface area contributed by atoms with Crippen LogP contribution in [0.15, 0.2) is 0 Å². The van der Waals surface area contributed by atoms with Gasteiger partial charge in [-0.15, -0.1) is 0 Å². The molecule has 0 spiro atoms. The van der Waals surface area contributed by atoms with Crippen molar-refractivity contribution in [3.63, 3.8) is 0 Å². The van der Waals surface area contributed by atoms with Gasteiger partial charge >= 0.3 is 48.9 Å². The Bertz CT molecular complexity index is 723. The first kappa shape index (κ1) is 50.8. The van der Waals surface area contributed by atoms with Crippen molar-refractivity contribution in [2.75, 3.05) is 0 Å². The summed E-state index contributed by atoms with van der Waals surface area (Å²) in [7, 11) is -8.23. The van der Waals surface area contributed by atoms with Gasteiger partial charge in [-0.3, -0.25) is 0 Å². The molecule has 0 saturated carbocycles. The van der Waals surface area contributed by atoms with Crippen LogP contribution in [0, 0.1) is 0 Å². The summed E-state index contributed by atoms with van der Waals surface area (Å²) >= 11 is 0. The molecule has 0 aromatic rings. The molecular formula is C36H74BaO6S2. The molecule has 0 aliphatic rings. The predicted octanol–water partition coefficient (Wildman–Crippen LogP) is 11.2.